The van der Waals surface area contributed by atoms with Crippen LogP contribution < -0.4 is 10.6 Å². The van der Waals surface area contributed by atoms with Crippen LogP contribution in [0.2, 0.25) is 0 Å². The SMILES string of the molecule is Cc1cc(Nc2cc(C3=CCOC3)nc(NC3C4CC5CC3CC(O)(C5)C4)n2)n[nH]1. The number of ether oxygens (including phenoxy) is 1. The number of hydrogen-bond donors (Lipinski definition) is 4. The van der Waals surface area contributed by atoms with Crippen LogP contribution in [0, 0.1) is 24.7 Å². The molecule has 2 aromatic heterocycles. The molecule has 5 aliphatic rings. The molecular formula is C22H28N6O2. The summed E-state index contributed by atoms with van der Waals surface area (Å²) in [4.78, 5) is 9.59. The van der Waals surface area contributed by atoms with Gasteiger partial charge in [0.15, 0.2) is 5.82 Å². The van der Waals surface area contributed by atoms with Crippen molar-refractivity contribution in [1.82, 2.24) is 20.2 Å². The Bertz CT molecular complexity index is 985. The summed E-state index contributed by atoms with van der Waals surface area (Å²) < 4.78 is 5.51. The molecule has 158 valence electrons. The van der Waals surface area contributed by atoms with Crippen molar-refractivity contribution < 1.29 is 9.84 Å². The van der Waals surface area contributed by atoms with Gasteiger partial charge in [-0.25, -0.2) is 4.98 Å². The Balaban J connectivity index is 1.30. The lowest BCUT2D eigenvalue weighted by atomic mass is 9.52. The molecule has 2 atom stereocenters. The number of hydrogen-bond acceptors (Lipinski definition) is 7. The maximum atomic E-state index is 10.9. The number of nitrogens with zero attached hydrogens (tertiary/aromatic N) is 3. The van der Waals surface area contributed by atoms with Gasteiger partial charge in [0.1, 0.15) is 5.82 Å². The highest BCUT2D eigenvalue weighted by Crippen LogP contribution is 2.56. The quantitative estimate of drug-likeness (QED) is 0.602. The largest absolute Gasteiger partial charge is 0.390 e. The van der Waals surface area contributed by atoms with Crippen molar-refractivity contribution in [2.24, 2.45) is 17.8 Å². The van der Waals surface area contributed by atoms with Crippen LogP contribution in [0.25, 0.3) is 5.57 Å². The lowest BCUT2D eigenvalue weighted by Gasteiger charge is -2.58. The lowest BCUT2D eigenvalue weighted by Crippen LogP contribution is -2.59. The van der Waals surface area contributed by atoms with Crippen LogP contribution in [0.15, 0.2) is 18.2 Å². The first-order chi connectivity index (χ1) is 14.5. The predicted molar refractivity (Wildman–Crippen MR) is 113 cm³/mol. The van der Waals surface area contributed by atoms with E-state index in [1.165, 1.54) is 12.8 Å². The first-order valence-corrected chi connectivity index (χ1v) is 11.0. The van der Waals surface area contributed by atoms with Crippen LogP contribution in [0.4, 0.5) is 17.6 Å². The summed E-state index contributed by atoms with van der Waals surface area (Å²) in [5.41, 5.74) is 2.51. The fourth-order valence-electron chi connectivity index (χ4n) is 6.29. The number of aliphatic hydroxyl groups is 1. The van der Waals surface area contributed by atoms with Gasteiger partial charge in [-0.15, -0.1) is 0 Å². The average Bonchev–Trinajstić information content (AvgIpc) is 3.35. The van der Waals surface area contributed by atoms with Gasteiger partial charge in [0.05, 0.1) is 24.5 Å². The number of anilines is 3. The molecule has 30 heavy (non-hydrogen) atoms. The second-order valence-electron chi connectivity index (χ2n) is 9.63. The molecule has 2 unspecified atom stereocenters. The third-order valence-electron chi connectivity index (χ3n) is 7.26. The molecule has 2 aromatic rings. The van der Waals surface area contributed by atoms with E-state index in [2.05, 4.69) is 26.9 Å². The van der Waals surface area contributed by atoms with E-state index in [1.54, 1.807) is 0 Å². The minimum absolute atomic E-state index is 0.325. The molecule has 4 fully saturated rings. The second-order valence-corrected chi connectivity index (χ2v) is 9.63. The molecule has 4 aliphatic carbocycles. The van der Waals surface area contributed by atoms with Gasteiger partial charge in [0.25, 0.3) is 0 Å². The highest BCUT2D eigenvalue weighted by atomic mass is 16.5. The Hall–Kier alpha value is -2.45. The summed E-state index contributed by atoms with van der Waals surface area (Å²) >= 11 is 0. The minimum atomic E-state index is -0.437. The van der Waals surface area contributed by atoms with E-state index in [1.807, 2.05) is 19.1 Å². The standard InChI is InChI=1S/C22H28N6O2/c1-12-4-19(28-27-12)24-18-7-17(14-2-3-30-11-14)23-21(25-18)26-20-15-5-13-6-16(20)10-22(29,8-13)9-15/h2,4,7,13,15-16,20,29H,3,5-6,8-11H2,1H3,(H3,23,24,25,26,27,28). The number of nitrogens with one attached hydrogen (secondary N) is 3. The monoisotopic (exact) mass is 408 g/mol. The van der Waals surface area contributed by atoms with Crippen LogP contribution in [-0.4, -0.2) is 50.1 Å². The second kappa shape index (κ2) is 6.78. The van der Waals surface area contributed by atoms with E-state index in [-0.39, 0.29) is 0 Å². The van der Waals surface area contributed by atoms with Crippen molar-refractivity contribution in [2.45, 2.75) is 50.7 Å². The highest BCUT2D eigenvalue weighted by Gasteiger charge is 2.54. The zero-order valence-corrected chi connectivity index (χ0v) is 17.2. The molecular weight excluding hydrogens is 380 g/mol. The van der Waals surface area contributed by atoms with Crippen LogP contribution in [0.1, 0.15) is 43.5 Å². The molecule has 0 radical (unpaired) electrons. The molecule has 4 saturated carbocycles. The van der Waals surface area contributed by atoms with Crippen molar-refractivity contribution in [2.75, 3.05) is 23.8 Å². The number of aryl methyl sites for hydroxylation is 1. The zero-order valence-electron chi connectivity index (χ0n) is 17.2. The molecule has 0 amide bonds. The Morgan fingerprint density at radius 2 is 1.97 bits per heavy atom. The Morgan fingerprint density at radius 1 is 1.13 bits per heavy atom. The van der Waals surface area contributed by atoms with E-state index in [0.717, 1.165) is 42.0 Å². The number of H-pyrrole nitrogens is 1. The van der Waals surface area contributed by atoms with E-state index >= 15 is 0 Å². The summed E-state index contributed by atoms with van der Waals surface area (Å²) in [5.74, 6) is 3.75. The number of rotatable bonds is 5. The Kier molecular flexibility index (Phi) is 4.14. The number of aromatic nitrogens is 4. The molecule has 4 N–H and O–H groups in total. The maximum absolute atomic E-state index is 10.9. The zero-order chi connectivity index (χ0) is 20.3. The molecule has 0 aromatic carbocycles. The van der Waals surface area contributed by atoms with Crippen molar-refractivity contribution >= 4 is 23.2 Å². The first kappa shape index (κ1) is 18.3. The highest BCUT2D eigenvalue weighted by molar-refractivity contribution is 5.69. The summed E-state index contributed by atoms with van der Waals surface area (Å²) in [5, 5.41) is 25.1. The predicted octanol–water partition coefficient (Wildman–Crippen LogP) is 3.02. The van der Waals surface area contributed by atoms with Gasteiger partial charge >= 0.3 is 0 Å². The molecule has 1 aliphatic heterocycles. The van der Waals surface area contributed by atoms with Crippen molar-refractivity contribution in [3.63, 3.8) is 0 Å². The fraction of sp³-hybridized carbons (Fsp3) is 0.591. The topological polar surface area (TPSA) is 108 Å². The molecule has 0 spiro atoms. The molecule has 8 nitrogen and oxygen atoms in total. The van der Waals surface area contributed by atoms with Crippen molar-refractivity contribution in [3.8, 4) is 0 Å². The van der Waals surface area contributed by atoms with Gasteiger partial charge in [-0.2, -0.15) is 10.1 Å². The third-order valence-corrected chi connectivity index (χ3v) is 7.26. The molecule has 3 heterocycles. The van der Waals surface area contributed by atoms with Gasteiger partial charge in [-0.3, -0.25) is 5.10 Å². The Morgan fingerprint density at radius 3 is 2.63 bits per heavy atom. The lowest BCUT2D eigenvalue weighted by molar-refractivity contribution is -0.129. The van der Waals surface area contributed by atoms with Crippen LogP contribution >= 0.6 is 0 Å². The van der Waals surface area contributed by atoms with Gasteiger partial charge in [0.2, 0.25) is 5.95 Å². The number of aromatic amines is 1. The van der Waals surface area contributed by atoms with Gasteiger partial charge in [0, 0.05) is 29.4 Å². The summed E-state index contributed by atoms with van der Waals surface area (Å²) in [6.07, 6.45) is 7.26. The van der Waals surface area contributed by atoms with E-state index in [4.69, 9.17) is 14.7 Å². The van der Waals surface area contributed by atoms with E-state index in [0.29, 0.717) is 48.8 Å². The summed E-state index contributed by atoms with van der Waals surface area (Å²) in [6, 6.07) is 4.23. The fourth-order valence-corrected chi connectivity index (χ4v) is 6.29. The van der Waals surface area contributed by atoms with Crippen LogP contribution in [-0.2, 0) is 4.74 Å². The first-order valence-electron chi connectivity index (χ1n) is 11.0. The molecule has 7 rings (SSSR count). The third kappa shape index (κ3) is 3.28. The Labute approximate surface area is 175 Å². The normalized spacial score (nSPS) is 34.3. The van der Waals surface area contributed by atoms with Gasteiger partial charge in [-0.1, -0.05) is 6.08 Å². The van der Waals surface area contributed by atoms with Gasteiger partial charge in [-0.05, 0) is 56.8 Å². The summed E-state index contributed by atoms with van der Waals surface area (Å²) in [7, 11) is 0. The van der Waals surface area contributed by atoms with Crippen LogP contribution in [0.5, 0.6) is 0 Å². The molecule has 4 bridgehead atoms. The van der Waals surface area contributed by atoms with E-state index < -0.39 is 5.60 Å². The van der Waals surface area contributed by atoms with Gasteiger partial charge < -0.3 is 20.5 Å². The maximum Gasteiger partial charge on any atom is 0.225 e. The molecule has 8 heteroatoms. The molecule has 0 saturated heterocycles. The smallest absolute Gasteiger partial charge is 0.225 e. The summed E-state index contributed by atoms with van der Waals surface area (Å²) in [6.45, 7) is 3.16. The minimum Gasteiger partial charge on any atom is -0.390 e. The van der Waals surface area contributed by atoms with Crippen molar-refractivity contribution in [1.29, 1.82) is 0 Å². The van der Waals surface area contributed by atoms with Crippen LogP contribution in [0.3, 0.4) is 0 Å². The van der Waals surface area contributed by atoms with Crippen molar-refractivity contribution in [3.05, 3.63) is 29.6 Å². The average molecular weight is 409 g/mol. The van der Waals surface area contributed by atoms with E-state index in [9.17, 15) is 5.11 Å².